The highest BCUT2D eigenvalue weighted by molar-refractivity contribution is 7.89. The number of likely N-dealkylation sites (N-methyl/N-ethyl adjacent to an activating group) is 1. The molecule has 1 fully saturated rings. The summed E-state index contributed by atoms with van der Waals surface area (Å²) in [6.07, 6.45) is 1.45. The largest absolute Gasteiger partial charge is 0.472 e. The zero-order valence-electron chi connectivity index (χ0n) is 25.2. The zero-order chi connectivity index (χ0) is 30.7. The summed E-state index contributed by atoms with van der Waals surface area (Å²) in [5.41, 5.74) is 2.86. The molecule has 4 aromatic heterocycles. The Balaban J connectivity index is 1.60. The Bertz CT molecular complexity index is 1760. The standard InChI is InChI=1S/C29H38N8O5S/c1-6-24-25-26(34-37(24)17-21-10-8-9-19(3)31-21)28(38)33-27(32-25)23-15-22(16-30-29(23)42-20(4)18-41-5)43(39,40)36-13-11-35(7-2)12-14-36/h8-10,15-16,20H,6-7,11-14,17-18H2,1-5H3,(H,32,33,38). The number of nitrogens with one attached hydrogen (secondary N) is 1. The number of aryl methyl sites for hydroxylation is 2. The molecule has 0 aliphatic carbocycles. The number of rotatable bonds is 11. The molecule has 1 saturated heterocycles. The van der Waals surface area contributed by atoms with E-state index in [2.05, 4.69) is 31.9 Å². The number of methoxy groups -OCH3 is 1. The van der Waals surface area contributed by atoms with Crippen molar-refractivity contribution in [3.05, 3.63) is 57.9 Å². The first-order chi connectivity index (χ1) is 20.6. The fraction of sp³-hybridized carbons (Fsp3) is 0.483. The molecule has 4 aromatic rings. The molecule has 0 bridgehead atoms. The van der Waals surface area contributed by atoms with Crippen molar-refractivity contribution in [2.24, 2.45) is 0 Å². The number of nitrogens with zero attached hydrogens (tertiary/aromatic N) is 7. The van der Waals surface area contributed by atoms with Gasteiger partial charge in [0.1, 0.15) is 22.3 Å². The zero-order valence-corrected chi connectivity index (χ0v) is 26.0. The summed E-state index contributed by atoms with van der Waals surface area (Å²) in [6, 6.07) is 7.23. The minimum absolute atomic E-state index is 0.00105. The van der Waals surface area contributed by atoms with E-state index in [4.69, 9.17) is 14.5 Å². The lowest BCUT2D eigenvalue weighted by Crippen LogP contribution is -2.48. The molecule has 0 spiro atoms. The van der Waals surface area contributed by atoms with Crippen LogP contribution in [0.15, 0.2) is 40.2 Å². The molecular formula is C29H38N8O5S. The fourth-order valence-corrected chi connectivity index (χ4v) is 6.64. The summed E-state index contributed by atoms with van der Waals surface area (Å²) >= 11 is 0. The second-order valence-electron chi connectivity index (χ2n) is 10.6. The fourth-order valence-electron chi connectivity index (χ4n) is 5.25. The van der Waals surface area contributed by atoms with E-state index in [1.807, 2.05) is 39.0 Å². The highest BCUT2D eigenvalue weighted by Crippen LogP contribution is 2.31. The van der Waals surface area contributed by atoms with Crippen LogP contribution in [0.1, 0.15) is 37.9 Å². The lowest BCUT2D eigenvalue weighted by atomic mass is 10.2. The number of aromatic amines is 1. The molecule has 14 heteroatoms. The number of piperazine rings is 1. The van der Waals surface area contributed by atoms with E-state index in [0.717, 1.165) is 23.6 Å². The van der Waals surface area contributed by atoms with Gasteiger partial charge in [-0.15, -0.1) is 0 Å². The molecule has 13 nitrogen and oxygen atoms in total. The van der Waals surface area contributed by atoms with Crippen molar-refractivity contribution in [2.45, 2.75) is 51.7 Å². The summed E-state index contributed by atoms with van der Waals surface area (Å²) in [5, 5.41) is 4.57. The summed E-state index contributed by atoms with van der Waals surface area (Å²) in [4.78, 5) is 32.2. The van der Waals surface area contributed by atoms with Crippen LogP contribution in [0.5, 0.6) is 5.88 Å². The minimum atomic E-state index is -3.86. The number of fused-ring (bicyclic) bond motifs is 1. The van der Waals surface area contributed by atoms with E-state index in [9.17, 15) is 13.2 Å². The Hall–Kier alpha value is -3.72. The van der Waals surface area contributed by atoms with Crippen LogP contribution in [0, 0.1) is 6.92 Å². The summed E-state index contributed by atoms with van der Waals surface area (Å²) in [7, 11) is -2.30. The van der Waals surface area contributed by atoms with Crippen molar-refractivity contribution >= 4 is 21.1 Å². The van der Waals surface area contributed by atoms with Crippen LogP contribution in [0.25, 0.3) is 22.4 Å². The molecule has 230 valence electrons. The predicted octanol–water partition coefficient (Wildman–Crippen LogP) is 2.24. The molecule has 0 saturated carbocycles. The third-order valence-corrected chi connectivity index (χ3v) is 9.37. The average molecular weight is 611 g/mol. The maximum absolute atomic E-state index is 13.7. The molecule has 1 N–H and O–H groups in total. The maximum Gasteiger partial charge on any atom is 0.279 e. The van der Waals surface area contributed by atoms with E-state index in [1.54, 1.807) is 11.8 Å². The Morgan fingerprint density at radius 1 is 1.09 bits per heavy atom. The third kappa shape index (κ3) is 6.47. The number of hydrogen-bond acceptors (Lipinski definition) is 10. The molecule has 0 radical (unpaired) electrons. The van der Waals surface area contributed by atoms with E-state index < -0.39 is 21.7 Å². The second-order valence-corrected chi connectivity index (χ2v) is 12.5. The van der Waals surface area contributed by atoms with Crippen LogP contribution in [0.4, 0.5) is 0 Å². The van der Waals surface area contributed by atoms with Gasteiger partial charge < -0.3 is 19.4 Å². The monoisotopic (exact) mass is 610 g/mol. The lowest BCUT2D eigenvalue weighted by molar-refractivity contribution is 0.0893. The smallest absolute Gasteiger partial charge is 0.279 e. The van der Waals surface area contributed by atoms with Gasteiger partial charge in [0, 0.05) is 39.0 Å². The first-order valence-corrected chi connectivity index (χ1v) is 15.9. The predicted molar refractivity (Wildman–Crippen MR) is 162 cm³/mol. The highest BCUT2D eigenvalue weighted by Gasteiger charge is 2.30. The van der Waals surface area contributed by atoms with E-state index in [-0.39, 0.29) is 34.3 Å². The molecule has 5 rings (SSSR count). The van der Waals surface area contributed by atoms with Crippen molar-refractivity contribution in [1.29, 1.82) is 0 Å². The van der Waals surface area contributed by atoms with Gasteiger partial charge in [-0.05, 0) is 45.0 Å². The van der Waals surface area contributed by atoms with Crippen molar-refractivity contribution < 1.29 is 17.9 Å². The summed E-state index contributed by atoms with van der Waals surface area (Å²) in [6.45, 7) is 11.3. The van der Waals surface area contributed by atoms with Gasteiger partial charge in [0.2, 0.25) is 15.9 Å². The van der Waals surface area contributed by atoms with Crippen molar-refractivity contribution in [3.63, 3.8) is 0 Å². The number of H-pyrrole nitrogens is 1. The lowest BCUT2D eigenvalue weighted by Gasteiger charge is -2.33. The Morgan fingerprint density at radius 3 is 2.53 bits per heavy atom. The molecule has 1 aliphatic rings. The molecule has 5 heterocycles. The van der Waals surface area contributed by atoms with Gasteiger partial charge in [-0.25, -0.2) is 18.4 Å². The number of aromatic nitrogens is 6. The number of sulfonamides is 1. The second kappa shape index (κ2) is 12.9. The summed E-state index contributed by atoms with van der Waals surface area (Å²) in [5.74, 6) is 0.275. The van der Waals surface area contributed by atoms with E-state index in [0.29, 0.717) is 44.7 Å². The normalized spacial score (nSPS) is 15.7. The van der Waals surface area contributed by atoms with Gasteiger partial charge in [0.15, 0.2) is 5.52 Å². The van der Waals surface area contributed by atoms with Crippen LogP contribution < -0.4 is 10.3 Å². The van der Waals surface area contributed by atoms with Gasteiger partial charge in [0.05, 0.1) is 36.3 Å². The minimum Gasteiger partial charge on any atom is -0.472 e. The van der Waals surface area contributed by atoms with Crippen LogP contribution in [0.3, 0.4) is 0 Å². The first-order valence-electron chi connectivity index (χ1n) is 14.4. The molecule has 0 amide bonds. The quantitative estimate of drug-likeness (QED) is 0.268. The Labute approximate surface area is 250 Å². The van der Waals surface area contributed by atoms with Crippen molar-refractivity contribution in [3.8, 4) is 17.3 Å². The maximum atomic E-state index is 13.7. The average Bonchev–Trinajstić information content (AvgIpc) is 3.34. The SMILES string of the molecule is CCc1c2nc(-c3cc(S(=O)(=O)N4CCN(CC)CC4)cnc3OC(C)COC)[nH]c(=O)c2nn1Cc1cccc(C)n1. The van der Waals surface area contributed by atoms with Gasteiger partial charge >= 0.3 is 0 Å². The molecular weight excluding hydrogens is 572 g/mol. The molecule has 1 atom stereocenters. The third-order valence-electron chi connectivity index (χ3n) is 7.50. The van der Waals surface area contributed by atoms with Crippen LogP contribution in [0.2, 0.25) is 0 Å². The number of pyridine rings is 2. The molecule has 1 aliphatic heterocycles. The Kier molecular flexibility index (Phi) is 9.20. The van der Waals surface area contributed by atoms with Crippen LogP contribution in [-0.4, -0.2) is 99.9 Å². The van der Waals surface area contributed by atoms with Crippen LogP contribution >= 0.6 is 0 Å². The molecule has 1 unspecified atom stereocenters. The summed E-state index contributed by atoms with van der Waals surface area (Å²) < 4.78 is 41.8. The topological polar surface area (TPSA) is 148 Å². The van der Waals surface area contributed by atoms with Crippen LogP contribution in [-0.2, 0) is 27.7 Å². The van der Waals surface area contributed by atoms with Gasteiger partial charge in [-0.3, -0.25) is 14.5 Å². The van der Waals surface area contributed by atoms with Gasteiger partial charge in [0.25, 0.3) is 5.56 Å². The van der Waals surface area contributed by atoms with Crippen molar-refractivity contribution in [1.82, 2.24) is 38.9 Å². The molecule has 43 heavy (non-hydrogen) atoms. The van der Waals surface area contributed by atoms with Gasteiger partial charge in [-0.2, -0.15) is 9.40 Å². The molecule has 0 aromatic carbocycles. The highest BCUT2D eigenvalue weighted by atomic mass is 32.2. The van der Waals surface area contributed by atoms with E-state index >= 15 is 0 Å². The van der Waals surface area contributed by atoms with Crippen molar-refractivity contribution in [2.75, 3.05) is 46.4 Å². The number of ether oxygens (including phenoxy) is 2. The Morgan fingerprint density at radius 2 is 1.86 bits per heavy atom. The van der Waals surface area contributed by atoms with Gasteiger partial charge in [-0.1, -0.05) is 19.9 Å². The first kappa shape index (κ1) is 30.7. The van der Waals surface area contributed by atoms with E-state index in [1.165, 1.54) is 16.6 Å². The number of hydrogen-bond donors (Lipinski definition) is 1.